The van der Waals surface area contributed by atoms with E-state index in [1.807, 2.05) is 60.8 Å². The fourth-order valence-electron chi connectivity index (χ4n) is 11.6. The lowest BCUT2D eigenvalue weighted by Crippen LogP contribution is -2.51. The van der Waals surface area contributed by atoms with Crippen molar-refractivity contribution in [3.05, 3.63) is 72.4 Å². The predicted octanol–water partition coefficient (Wildman–Crippen LogP) is 11.8. The quantitative estimate of drug-likeness (QED) is 0.0889. The number of benzene rings is 2. The monoisotopic (exact) mass is 720 g/mol. The van der Waals surface area contributed by atoms with Crippen molar-refractivity contribution in [3.63, 3.8) is 0 Å². The molecule has 0 N–H and O–H groups in total. The van der Waals surface area contributed by atoms with Crippen LogP contribution in [0.4, 0.5) is 0 Å². The second kappa shape index (κ2) is 16.5. The summed E-state index contributed by atoms with van der Waals surface area (Å²) in [6, 6.07) is 18.0. The minimum atomic E-state index is -0.0270. The normalized spacial score (nSPS) is 29.8. The second-order valence-electron chi connectivity index (χ2n) is 18.2. The third kappa shape index (κ3) is 8.32. The number of esters is 1. The van der Waals surface area contributed by atoms with E-state index in [9.17, 15) is 4.79 Å². The van der Waals surface area contributed by atoms with Gasteiger partial charge in [-0.25, -0.2) is 4.68 Å². The number of hydrogen-bond acceptors (Lipinski definition) is 5. The lowest BCUT2D eigenvalue weighted by atomic mass is 9.47. The first-order chi connectivity index (χ1) is 25.6. The van der Waals surface area contributed by atoms with Crippen LogP contribution in [0.15, 0.2) is 72.4 Å². The summed E-state index contributed by atoms with van der Waals surface area (Å²) in [6.07, 6.45) is 22.0. The molecule has 1 unspecified atom stereocenters. The Bertz CT molecular complexity index is 1680. The number of rotatable bonds is 15. The molecule has 0 amide bonds. The Labute approximate surface area is 319 Å². The fraction of sp³-hybridized carbons (Fsp3) is 0.638. The molecular weight excluding hydrogens is 655 g/mol. The maximum absolute atomic E-state index is 12.9. The minimum Gasteiger partial charge on any atom is -0.494 e. The molecule has 1 heterocycles. The Morgan fingerprint density at radius 3 is 2.49 bits per heavy atom. The van der Waals surface area contributed by atoms with Gasteiger partial charge in [0.05, 0.1) is 18.5 Å². The van der Waals surface area contributed by atoms with Gasteiger partial charge in [0.1, 0.15) is 17.5 Å². The Morgan fingerprint density at radius 2 is 1.70 bits per heavy atom. The highest BCUT2D eigenvalue weighted by Gasteiger charge is 2.59. The fourth-order valence-corrected chi connectivity index (χ4v) is 11.6. The molecule has 3 saturated carbocycles. The van der Waals surface area contributed by atoms with Crippen LogP contribution in [0, 0.1) is 46.3 Å². The highest BCUT2D eigenvalue weighted by atomic mass is 16.5. The van der Waals surface area contributed by atoms with Crippen molar-refractivity contribution in [2.75, 3.05) is 6.61 Å². The minimum absolute atomic E-state index is 0.0270. The zero-order valence-electron chi connectivity index (χ0n) is 33.3. The number of aromatic nitrogens is 3. The van der Waals surface area contributed by atoms with Crippen LogP contribution in [0.5, 0.6) is 5.75 Å². The number of ether oxygens (including phenoxy) is 2. The van der Waals surface area contributed by atoms with Gasteiger partial charge >= 0.3 is 5.97 Å². The first-order valence-corrected chi connectivity index (χ1v) is 21.2. The lowest BCUT2D eigenvalue weighted by Gasteiger charge is -2.58. The number of carbonyl (C=O) groups is 1. The van der Waals surface area contributed by atoms with Crippen molar-refractivity contribution < 1.29 is 14.3 Å². The van der Waals surface area contributed by atoms with E-state index in [-0.39, 0.29) is 17.5 Å². The second-order valence-corrected chi connectivity index (χ2v) is 18.2. The van der Waals surface area contributed by atoms with E-state index in [0.717, 1.165) is 90.3 Å². The van der Waals surface area contributed by atoms with Gasteiger partial charge in [-0.2, -0.15) is 0 Å². The van der Waals surface area contributed by atoms with Crippen molar-refractivity contribution in [2.24, 2.45) is 46.3 Å². The molecule has 3 fully saturated rings. The van der Waals surface area contributed by atoms with Crippen LogP contribution >= 0.6 is 0 Å². The maximum atomic E-state index is 12.9. The van der Waals surface area contributed by atoms with Crippen LogP contribution in [0.1, 0.15) is 131 Å². The molecule has 3 aromatic rings. The number of nitrogens with zero attached hydrogens (tertiary/aromatic N) is 3. The average molecular weight is 720 g/mol. The number of carbonyl (C=O) groups excluding carboxylic acids is 1. The summed E-state index contributed by atoms with van der Waals surface area (Å²) < 4.78 is 13.9. The van der Waals surface area contributed by atoms with E-state index in [1.165, 1.54) is 57.8 Å². The van der Waals surface area contributed by atoms with Crippen LogP contribution in [0.25, 0.3) is 16.9 Å². The molecule has 8 atom stereocenters. The van der Waals surface area contributed by atoms with Crippen molar-refractivity contribution >= 4 is 5.97 Å². The Morgan fingerprint density at radius 1 is 0.887 bits per heavy atom. The number of fused-ring (bicyclic) bond motifs is 5. The van der Waals surface area contributed by atoms with Gasteiger partial charge in [-0.15, -0.1) is 5.10 Å². The van der Waals surface area contributed by atoms with E-state index in [1.54, 1.807) is 10.3 Å². The molecule has 0 saturated heterocycles. The van der Waals surface area contributed by atoms with Crippen molar-refractivity contribution in [2.45, 2.75) is 137 Å². The maximum Gasteiger partial charge on any atom is 0.306 e. The molecule has 286 valence electrons. The van der Waals surface area contributed by atoms with Crippen LogP contribution in [0.2, 0.25) is 0 Å². The van der Waals surface area contributed by atoms with E-state index in [0.29, 0.717) is 18.4 Å². The highest BCUT2D eigenvalue weighted by molar-refractivity contribution is 5.69. The SMILES string of the molecule is CC(C)CCC[C@@H](C)[C@H]1CC[C@H]2[C@@H]3CC=C4CC(OC(=O)CCCCCOc5ccc(-n6cc(-c7ccccc7)nn6)cc5)CC[C@]4(C)[C@H]3CC[C@]12C. The van der Waals surface area contributed by atoms with E-state index in [2.05, 4.69) is 51.0 Å². The summed E-state index contributed by atoms with van der Waals surface area (Å²) in [7, 11) is 0. The summed E-state index contributed by atoms with van der Waals surface area (Å²) in [5, 5.41) is 8.60. The molecule has 1 aromatic heterocycles. The number of allylic oxidation sites excluding steroid dienone is 1. The molecule has 6 nitrogen and oxygen atoms in total. The van der Waals surface area contributed by atoms with Gasteiger partial charge < -0.3 is 9.47 Å². The number of hydrogen-bond donors (Lipinski definition) is 0. The van der Waals surface area contributed by atoms with E-state index >= 15 is 0 Å². The van der Waals surface area contributed by atoms with Crippen LogP contribution in [-0.4, -0.2) is 33.7 Å². The summed E-state index contributed by atoms with van der Waals surface area (Å²) in [5.41, 5.74) is 5.25. The summed E-state index contributed by atoms with van der Waals surface area (Å²) in [4.78, 5) is 12.9. The van der Waals surface area contributed by atoms with E-state index < -0.39 is 0 Å². The first-order valence-electron chi connectivity index (χ1n) is 21.2. The van der Waals surface area contributed by atoms with Crippen LogP contribution in [0.3, 0.4) is 0 Å². The summed E-state index contributed by atoms with van der Waals surface area (Å²) >= 11 is 0. The molecule has 4 aliphatic rings. The molecule has 7 rings (SSSR count). The van der Waals surface area contributed by atoms with Gasteiger partial charge in [0, 0.05) is 18.4 Å². The Balaban J connectivity index is 0.816. The van der Waals surface area contributed by atoms with Gasteiger partial charge in [-0.05, 0) is 135 Å². The molecule has 53 heavy (non-hydrogen) atoms. The standard InChI is InChI=1S/C47H65N3O3/c1-33(2)13-12-14-34(3)41-24-25-42-40-23-18-36-31-39(26-28-46(36,4)43(40)27-29-47(41,42)5)53-45(51)17-10-7-11-30-52-38-21-19-37(20-22-38)50-32-44(48-49-50)35-15-8-6-9-16-35/h6,8-9,15-16,18-22,32-34,39-43H,7,10-14,17,23-31H2,1-5H3/t34-,39?,40+,41-,42+,43+,46+,47-/m1/s1. The molecule has 6 heteroatoms. The number of unbranched alkanes of at least 4 members (excludes halogenated alkanes) is 2. The van der Waals surface area contributed by atoms with Crippen LogP contribution in [-0.2, 0) is 9.53 Å². The molecule has 4 aliphatic carbocycles. The van der Waals surface area contributed by atoms with Crippen LogP contribution < -0.4 is 4.74 Å². The Kier molecular flexibility index (Phi) is 11.8. The smallest absolute Gasteiger partial charge is 0.306 e. The van der Waals surface area contributed by atoms with Gasteiger partial charge in [-0.1, -0.05) is 101 Å². The van der Waals surface area contributed by atoms with Gasteiger partial charge in [0.25, 0.3) is 0 Å². The summed E-state index contributed by atoms with van der Waals surface area (Å²) in [5.74, 6) is 5.91. The highest BCUT2D eigenvalue weighted by Crippen LogP contribution is 2.67. The zero-order chi connectivity index (χ0) is 37.0. The van der Waals surface area contributed by atoms with Crippen molar-refractivity contribution in [3.8, 4) is 22.7 Å². The third-order valence-corrected chi connectivity index (χ3v) is 14.5. The molecule has 0 aliphatic heterocycles. The van der Waals surface area contributed by atoms with Gasteiger partial charge in [-0.3, -0.25) is 4.79 Å². The van der Waals surface area contributed by atoms with Gasteiger partial charge in [0.15, 0.2) is 0 Å². The molecular formula is C47H65N3O3. The van der Waals surface area contributed by atoms with Gasteiger partial charge in [0.2, 0.25) is 0 Å². The average Bonchev–Trinajstić information content (AvgIpc) is 3.79. The van der Waals surface area contributed by atoms with E-state index in [4.69, 9.17) is 9.47 Å². The first kappa shape index (κ1) is 37.9. The molecule has 0 spiro atoms. The third-order valence-electron chi connectivity index (χ3n) is 14.5. The van der Waals surface area contributed by atoms with Crippen molar-refractivity contribution in [1.29, 1.82) is 0 Å². The largest absolute Gasteiger partial charge is 0.494 e. The predicted molar refractivity (Wildman–Crippen MR) is 214 cm³/mol. The Hall–Kier alpha value is -3.41. The topological polar surface area (TPSA) is 66.2 Å². The van der Waals surface area contributed by atoms with Crippen molar-refractivity contribution in [1.82, 2.24) is 15.0 Å². The molecule has 0 bridgehead atoms. The zero-order valence-corrected chi connectivity index (χ0v) is 33.3. The summed E-state index contributed by atoms with van der Waals surface area (Å²) in [6.45, 7) is 13.2. The molecule has 2 aromatic carbocycles. The molecule has 0 radical (unpaired) electrons. The lowest BCUT2D eigenvalue weighted by molar-refractivity contribution is -0.151.